The van der Waals surface area contributed by atoms with Gasteiger partial charge in [0.2, 0.25) is 0 Å². The second kappa shape index (κ2) is 13.4. The number of aliphatic hydroxyl groups is 1. The number of aromatic nitrogens is 4. The average molecular weight is 698 g/mol. The van der Waals surface area contributed by atoms with E-state index in [1.165, 1.54) is 28.0 Å². The molecule has 4 aromatic heterocycles. The highest BCUT2D eigenvalue weighted by Gasteiger charge is 2.33. The van der Waals surface area contributed by atoms with Crippen molar-refractivity contribution in [2.45, 2.75) is 57.7 Å². The van der Waals surface area contributed by atoms with Crippen LogP contribution < -0.4 is 21.3 Å². The van der Waals surface area contributed by atoms with Crippen molar-refractivity contribution in [3.63, 3.8) is 0 Å². The number of hydrogen-bond acceptors (Lipinski definition) is 10. The number of halogens is 1. The molecule has 260 valence electrons. The Morgan fingerprint density at radius 3 is 2.68 bits per heavy atom. The minimum Gasteiger partial charge on any atom is -0.392 e. The Morgan fingerprint density at radius 2 is 1.94 bits per heavy atom. The molecule has 6 heterocycles. The zero-order chi connectivity index (χ0) is 34.5. The zero-order valence-electron chi connectivity index (χ0n) is 28.2. The molecule has 0 bridgehead atoms. The van der Waals surface area contributed by atoms with E-state index in [9.17, 15) is 14.7 Å². The zero-order valence-corrected chi connectivity index (χ0v) is 29.0. The molecule has 11 nitrogen and oxygen atoms in total. The number of fused-ring (bicyclic) bond motifs is 3. The van der Waals surface area contributed by atoms with Gasteiger partial charge in [0.15, 0.2) is 0 Å². The first kappa shape index (κ1) is 32.8. The fraction of sp³-hybridized carbons (Fsp3) is 0.405. The van der Waals surface area contributed by atoms with Crippen LogP contribution in [0, 0.1) is 5.82 Å². The second-order valence-electron chi connectivity index (χ2n) is 13.5. The first-order valence-corrected chi connectivity index (χ1v) is 18.1. The van der Waals surface area contributed by atoms with E-state index in [0.29, 0.717) is 50.5 Å². The largest absolute Gasteiger partial charge is 0.392 e. The number of ether oxygens (including phenoxy) is 1. The van der Waals surface area contributed by atoms with Crippen LogP contribution in [-0.2, 0) is 31.2 Å². The van der Waals surface area contributed by atoms with Gasteiger partial charge >= 0.3 is 0 Å². The molecule has 3 N–H and O–H groups in total. The summed E-state index contributed by atoms with van der Waals surface area (Å²) in [6, 6.07) is 9.17. The second-order valence-corrected chi connectivity index (χ2v) is 14.6. The highest BCUT2D eigenvalue weighted by atomic mass is 32.1. The Kier molecular flexibility index (Phi) is 8.75. The summed E-state index contributed by atoms with van der Waals surface area (Å²) in [6.07, 6.45) is 8.26. The molecule has 50 heavy (non-hydrogen) atoms. The molecule has 0 saturated carbocycles. The number of pyridine rings is 2. The summed E-state index contributed by atoms with van der Waals surface area (Å²) in [4.78, 5) is 36.9. The summed E-state index contributed by atoms with van der Waals surface area (Å²) < 4.78 is 22.9. The summed E-state index contributed by atoms with van der Waals surface area (Å²) in [5.41, 5.74) is 4.09. The smallest absolute Gasteiger partial charge is 0.282 e. The Bertz CT molecular complexity index is 2190. The average Bonchev–Trinajstić information content (AvgIpc) is 3.50. The third-order valence-electron chi connectivity index (χ3n) is 10.5. The van der Waals surface area contributed by atoms with Gasteiger partial charge in [0.05, 0.1) is 37.7 Å². The molecule has 2 saturated heterocycles. The molecule has 3 aliphatic rings. The number of nitrogens with zero attached hydrogens (tertiary/aromatic N) is 5. The predicted octanol–water partition coefficient (Wildman–Crippen LogP) is 4.97. The van der Waals surface area contributed by atoms with Crippen LogP contribution in [0.15, 0.2) is 52.3 Å². The summed E-state index contributed by atoms with van der Waals surface area (Å²) >= 11 is 1.47. The maximum Gasteiger partial charge on any atom is 0.282 e. The number of thiophene rings is 1. The number of aliphatic hydroxyl groups excluding tert-OH is 1. The van der Waals surface area contributed by atoms with Crippen molar-refractivity contribution in [1.82, 2.24) is 24.6 Å². The lowest BCUT2D eigenvalue weighted by Gasteiger charge is -2.47. The molecule has 2 fully saturated rings. The van der Waals surface area contributed by atoms with E-state index in [2.05, 4.69) is 37.2 Å². The van der Waals surface area contributed by atoms with Gasteiger partial charge in [0, 0.05) is 60.3 Å². The predicted molar refractivity (Wildman–Crippen MR) is 194 cm³/mol. The molecule has 0 unspecified atom stereocenters. The third kappa shape index (κ3) is 5.81. The van der Waals surface area contributed by atoms with Gasteiger partial charge in [0.1, 0.15) is 27.7 Å². The summed E-state index contributed by atoms with van der Waals surface area (Å²) in [7, 11) is 1.64. The van der Waals surface area contributed by atoms with Gasteiger partial charge in [-0.1, -0.05) is 6.92 Å². The number of aromatic amines is 1. The quantitative estimate of drug-likeness (QED) is 0.206. The molecular formula is C37H40FN7O4S. The summed E-state index contributed by atoms with van der Waals surface area (Å²) in [5, 5.41) is 21.7. The Labute approximate surface area is 292 Å². The minimum atomic E-state index is -0.523. The van der Waals surface area contributed by atoms with Gasteiger partial charge in [-0.15, -0.1) is 11.3 Å². The highest BCUT2D eigenvalue weighted by Crippen LogP contribution is 2.42. The molecule has 5 aromatic rings. The molecule has 1 aromatic carbocycles. The van der Waals surface area contributed by atoms with E-state index >= 15 is 4.39 Å². The molecule has 8 rings (SSSR count). The van der Waals surface area contributed by atoms with Gasteiger partial charge in [-0.25, -0.2) is 14.5 Å². The number of rotatable bonds is 8. The molecule has 13 heteroatoms. The Morgan fingerprint density at radius 1 is 1.12 bits per heavy atom. The van der Waals surface area contributed by atoms with E-state index in [-0.39, 0.29) is 16.8 Å². The van der Waals surface area contributed by atoms with E-state index in [1.807, 2.05) is 18.3 Å². The van der Waals surface area contributed by atoms with Crippen molar-refractivity contribution in [3.8, 4) is 22.4 Å². The lowest BCUT2D eigenvalue weighted by Crippen LogP contribution is -2.60. The van der Waals surface area contributed by atoms with Crippen molar-refractivity contribution in [3.05, 3.63) is 85.3 Å². The van der Waals surface area contributed by atoms with Crippen LogP contribution in [0.2, 0.25) is 0 Å². The standard InChI is InChI=1S/C37H40FN7O4S/c1-3-23-17-44(25-19-49-20-25)10-11-45(23)24-8-9-32(39-15-24)40-30-12-21(16-43(2)37(30)48)27-13-22(38)14-28(29(27)18-46)34-33-26-6-4-5-7-31(26)50-35(33)36(47)42-41-34/h8-9,12-16,23,25,46H,3-7,10-11,17-20H2,1-2H3,(H,39,40)(H,42,47)/t23-/m0/s1. The summed E-state index contributed by atoms with van der Waals surface area (Å²) in [6.45, 7) is 6.30. The van der Waals surface area contributed by atoms with Gasteiger partial charge in [-0.2, -0.15) is 5.10 Å². The van der Waals surface area contributed by atoms with Gasteiger partial charge in [-0.3, -0.25) is 14.5 Å². The van der Waals surface area contributed by atoms with Gasteiger partial charge in [-0.05, 0) is 79.1 Å². The Balaban J connectivity index is 1.12. The van der Waals surface area contributed by atoms with Crippen molar-refractivity contribution in [2.75, 3.05) is 43.1 Å². The first-order valence-electron chi connectivity index (χ1n) is 17.3. The number of benzene rings is 1. The maximum atomic E-state index is 15.5. The van der Waals surface area contributed by atoms with Crippen LogP contribution in [0.25, 0.3) is 32.5 Å². The van der Waals surface area contributed by atoms with Crippen LogP contribution in [0.4, 0.5) is 21.6 Å². The number of piperazine rings is 1. The molecule has 1 aliphatic carbocycles. The van der Waals surface area contributed by atoms with E-state index < -0.39 is 12.4 Å². The number of nitrogens with one attached hydrogen (secondary N) is 2. The first-order chi connectivity index (χ1) is 24.3. The van der Waals surface area contributed by atoms with Crippen molar-refractivity contribution < 1.29 is 14.2 Å². The van der Waals surface area contributed by atoms with E-state index in [4.69, 9.17) is 4.74 Å². The molecule has 2 aliphatic heterocycles. The van der Waals surface area contributed by atoms with Crippen LogP contribution in [-0.4, -0.2) is 74.7 Å². The molecular weight excluding hydrogens is 658 g/mol. The van der Waals surface area contributed by atoms with Gasteiger partial charge < -0.3 is 24.6 Å². The number of H-pyrrole nitrogens is 1. The Hall–Kier alpha value is -4.43. The monoisotopic (exact) mass is 697 g/mol. The van der Waals surface area contributed by atoms with Gasteiger partial charge in [0.25, 0.3) is 11.1 Å². The summed E-state index contributed by atoms with van der Waals surface area (Å²) in [5.74, 6) is -0.0176. The SMILES string of the molecule is CC[C@H]1CN(C2COC2)CCN1c1ccc(Nc2cc(-c3cc(F)cc(-c4n[nH]c(=O)c5sc6c(c45)CCCC6)c3CO)cn(C)c2=O)nc1. The highest BCUT2D eigenvalue weighted by molar-refractivity contribution is 7.19. The molecule has 1 atom stereocenters. The van der Waals surface area contributed by atoms with Crippen LogP contribution in [0.3, 0.4) is 0 Å². The van der Waals surface area contributed by atoms with Crippen molar-refractivity contribution in [1.29, 1.82) is 0 Å². The van der Waals surface area contributed by atoms with E-state index in [1.54, 1.807) is 19.3 Å². The number of hydrogen-bond donors (Lipinski definition) is 3. The van der Waals surface area contributed by atoms with Crippen LogP contribution >= 0.6 is 11.3 Å². The van der Waals surface area contributed by atoms with Crippen LogP contribution in [0.5, 0.6) is 0 Å². The maximum absolute atomic E-state index is 15.5. The fourth-order valence-corrected chi connectivity index (χ4v) is 8.99. The number of aryl methyl sites for hydroxylation is 3. The van der Waals surface area contributed by atoms with E-state index in [0.717, 1.165) is 86.5 Å². The lowest BCUT2D eigenvalue weighted by molar-refractivity contribution is -0.0698. The lowest BCUT2D eigenvalue weighted by atomic mass is 9.90. The fourth-order valence-electron chi connectivity index (χ4n) is 7.71. The molecule has 0 radical (unpaired) electrons. The van der Waals surface area contributed by atoms with Crippen molar-refractivity contribution >= 4 is 38.6 Å². The number of anilines is 3. The molecule has 0 spiro atoms. The van der Waals surface area contributed by atoms with Crippen molar-refractivity contribution in [2.24, 2.45) is 7.05 Å². The van der Waals surface area contributed by atoms with Crippen LogP contribution in [0.1, 0.15) is 42.2 Å². The normalized spacial score (nSPS) is 18.3. The minimum absolute atomic E-state index is 0.263. The molecule has 0 amide bonds. The third-order valence-corrected chi connectivity index (χ3v) is 11.8. The topological polar surface area (TPSA) is 129 Å².